The molecule has 2 rings (SSSR count). The van der Waals surface area contributed by atoms with Gasteiger partial charge in [-0.05, 0) is 58.4 Å². The monoisotopic (exact) mass is 338 g/mol. The van der Waals surface area contributed by atoms with Gasteiger partial charge in [0.1, 0.15) is 0 Å². The van der Waals surface area contributed by atoms with E-state index in [0.717, 1.165) is 44.7 Å². The number of hydrogen-bond acceptors (Lipinski definition) is 3. The lowest BCUT2D eigenvalue weighted by atomic mass is 9.83. The average molecular weight is 339 g/mol. The van der Waals surface area contributed by atoms with Gasteiger partial charge in [0.2, 0.25) is 0 Å². The van der Waals surface area contributed by atoms with Crippen LogP contribution in [0.2, 0.25) is 0 Å². The predicted octanol–water partition coefficient (Wildman–Crippen LogP) is 2.62. The lowest BCUT2D eigenvalue weighted by molar-refractivity contribution is 0.141. The smallest absolute Gasteiger partial charge is 0.191 e. The molecular weight excluding hydrogens is 300 g/mol. The summed E-state index contributed by atoms with van der Waals surface area (Å²) in [7, 11) is 4.04. The van der Waals surface area contributed by atoms with E-state index in [1.165, 1.54) is 38.5 Å². The van der Waals surface area contributed by atoms with E-state index in [-0.39, 0.29) is 0 Å². The molecule has 0 heterocycles. The van der Waals surface area contributed by atoms with Gasteiger partial charge in [-0.1, -0.05) is 12.8 Å². The van der Waals surface area contributed by atoms with Gasteiger partial charge in [0, 0.05) is 45.4 Å². The van der Waals surface area contributed by atoms with Crippen LogP contribution in [-0.2, 0) is 4.74 Å². The Morgan fingerprint density at radius 1 is 1.29 bits per heavy atom. The van der Waals surface area contributed by atoms with Gasteiger partial charge in [-0.25, -0.2) is 0 Å². The van der Waals surface area contributed by atoms with E-state index in [2.05, 4.69) is 36.4 Å². The van der Waals surface area contributed by atoms with Gasteiger partial charge in [-0.2, -0.15) is 0 Å². The Kier molecular flexibility index (Phi) is 7.82. The normalized spacial score (nSPS) is 22.0. The summed E-state index contributed by atoms with van der Waals surface area (Å²) < 4.78 is 5.33. The number of nitrogens with zero attached hydrogens (tertiary/aromatic N) is 2. The van der Waals surface area contributed by atoms with Crippen molar-refractivity contribution in [3.05, 3.63) is 0 Å². The minimum atomic E-state index is 0.356. The summed E-state index contributed by atoms with van der Waals surface area (Å²) >= 11 is 0. The van der Waals surface area contributed by atoms with Gasteiger partial charge in [-0.15, -0.1) is 0 Å². The zero-order valence-corrected chi connectivity index (χ0v) is 16.2. The molecule has 0 spiro atoms. The van der Waals surface area contributed by atoms with Crippen molar-refractivity contribution >= 4 is 5.96 Å². The summed E-state index contributed by atoms with van der Waals surface area (Å²) in [6, 6.07) is 1.34. The Morgan fingerprint density at radius 3 is 2.58 bits per heavy atom. The Labute approximate surface area is 148 Å². The van der Waals surface area contributed by atoms with Gasteiger partial charge in [0.15, 0.2) is 5.96 Å². The molecule has 0 aromatic rings. The number of hydrogen-bond donors (Lipinski definition) is 2. The Bertz CT molecular complexity index is 389. The number of likely N-dealkylation sites (N-methyl/N-ethyl adjacent to an activating group) is 1. The Hall–Kier alpha value is -0.810. The minimum absolute atomic E-state index is 0.356. The summed E-state index contributed by atoms with van der Waals surface area (Å²) in [6.07, 6.45) is 9.11. The zero-order valence-electron chi connectivity index (χ0n) is 16.2. The number of methoxy groups -OCH3 is 1. The molecule has 0 aliphatic heterocycles. The number of guanidine groups is 1. The van der Waals surface area contributed by atoms with Crippen molar-refractivity contribution in [3.8, 4) is 0 Å². The highest BCUT2D eigenvalue weighted by Crippen LogP contribution is 2.41. The van der Waals surface area contributed by atoms with E-state index in [0.29, 0.717) is 11.5 Å². The van der Waals surface area contributed by atoms with Crippen LogP contribution >= 0.6 is 0 Å². The van der Waals surface area contributed by atoms with Gasteiger partial charge < -0.3 is 15.4 Å². The molecule has 24 heavy (non-hydrogen) atoms. The number of rotatable bonds is 10. The number of ether oxygens (including phenoxy) is 1. The molecular formula is C19H38N4O. The van der Waals surface area contributed by atoms with Gasteiger partial charge >= 0.3 is 0 Å². The van der Waals surface area contributed by atoms with Crippen molar-refractivity contribution in [1.82, 2.24) is 15.5 Å². The summed E-state index contributed by atoms with van der Waals surface area (Å²) in [4.78, 5) is 7.43. The standard InChI is InChI=1S/C19H38N4O/c1-5-20-18(21-14-16(2)23(3)17-8-9-17)22-15-19(12-13-24-4)10-6-7-11-19/h16-17H,5-15H2,1-4H3,(H2,20,21,22). The average Bonchev–Trinajstić information content (AvgIpc) is 3.34. The zero-order chi connectivity index (χ0) is 17.4. The Balaban J connectivity index is 1.86. The molecule has 1 atom stereocenters. The van der Waals surface area contributed by atoms with Crippen molar-refractivity contribution in [1.29, 1.82) is 0 Å². The van der Waals surface area contributed by atoms with Crippen LogP contribution in [0.1, 0.15) is 58.8 Å². The van der Waals surface area contributed by atoms with Crippen molar-refractivity contribution < 1.29 is 4.74 Å². The van der Waals surface area contributed by atoms with Gasteiger partial charge in [0.05, 0.1) is 0 Å². The molecule has 0 aromatic heterocycles. The molecule has 2 saturated carbocycles. The highest BCUT2D eigenvalue weighted by Gasteiger charge is 2.33. The van der Waals surface area contributed by atoms with Gasteiger partial charge in [-0.3, -0.25) is 9.89 Å². The third-order valence-electron chi connectivity index (χ3n) is 5.80. The van der Waals surface area contributed by atoms with Crippen molar-refractivity contribution in [2.75, 3.05) is 40.4 Å². The first-order valence-corrected chi connectivity index (χ1v) is 9.83. The van der Waals surface area contributed by atoms with Crippen LogP contribution in [0.3, 0.4) is 0 Å². The van der Waals surface area contributed by atoms with Crippen LogP contribution in [0.5, 0.6) is 0 Å². The molecule has 2 fully saturated rings. The van der Waals surface area contributed by atoms with E-state index >= 15 is 0 Å². The fourth-order valence-corrected chi connectivity index (χ4v) is 3.75. The second-order valence-corrected chi connectivity index (χ2v) is 7.77. The minimum Gasteiger partial charge on any atom is -0.385 e. The molecule has 2 aliphatic carbocycles. The van der Waals surface area contributed by atoms with Crippen LogP contribution in [0.15, 0.2) is 4.99 Å². The first-order valence-electron chi connectivity index (χ1n) is 9.83. The number of aliphatic imine (C=N–C) groups is 1. The first kappa shape index (κ1) is 19.5. The molecule has 0 saturated heterocycles. The van der Waals surface area contributed by atoms with Crippen LogP contribution in [0.4, 0.5) is 0 Å². The lowest BCUT2D eigenvalue weighted by Gasteiger charge is -2.28. The molecule has 5 nitrogen and oxygen atoms in total. The lowest BCUT2D eigenvalue weighted by Crippen LogP contribution is -2.45. The molecule has 2 aliphatic rings. The second kappa shape index (κ2) is 9.62. The summed E-state index contributed by atoms with van der Waals surface area (Å²) in [6.45, 7) is 8.05. The van der Waals surface area contributed by atoms with Crippen LogP contribution in [0.25, 0.3) is 0 Å². The molecule has 0 amide bonds. The maximum absolute atomic E-state index is 5.33. The maximum Gasteiger partial charge on any atom is 0.191 e. The fourth-order valence-electron chi connectivity index (χ4n) is 3.75. The predicted molar refractivity (Wildman–Crippen MR) is 102 cm³/mol. The molecule has 0 radical (unpaired) electrons. The fraction of sp³-hybridized carbons (Fsp3) is 0.947. The SMILES string of the molecule is CCNC(=NCC1(CCOC)CCCC1)NCC(C)N(C)C1CC1. The maximum atomic E-state index is 5.33. The van der Waals surface area contributed by atoms with Crippen LogP contribution in [0, 0.1) is 5.41 Å². The van der Waals surface area contributed by atoms with Gasteiger partial charge in [0.25, 0.3) is 0 Å². The molecule has 0 bridgehead atoms. The van der Waals surface area contributed by atoms with E-state index in [1.54, 1.807) is 7.11 Å². The van der Waals surface area contributed by atoms with E-state index < -0.39 is 0 Å². The molecule has 140 valence electrons. The highest BCUT2D eigenvalue weighted by molar-refractivity contribution is 5.79. The number of nitrogens with one attached hydrogen (secondary N) is 2. The third-order valence-corrected chi connectivity index (χ3v) is 5.80. The summed E-state index contributed by atoms with van der Waals surface area (Å²) in [5.74, 6) is 0.970. The van der Waals surface area contributed by atoms with Crippen molar-refractivity contribution in [2.24, 2.45) is 10.4 Å². The van der Waals surface area contributed by atoms with Crippen molar-refractivity contribution in [2.45, 2.75) is 70.9 Å². The molecule has 1 unspecified atom stereocenters. The highest BCUT2D eigenvalue weighted by atomic mass is 16.5. The molecule has 5 heteroatoms. The van der Waals surface area contributed by atoms with Crippen LogP contribution in [-0.4, -0.2) is 63.3 Å². The third kappa shape index (κ3) is 5.92. The summed E-state index contributed by atoms with van der Waals surface area (Å²) in [5, 5.41) is 6.96. The van der Waals surface area contributed by atoms with E-state index in [9.17, 15) is 0 Å². The molecule has 0 aromatic carbocycles. The first-order chi connectivity index (χ1) is 11.6. The molecule has 2 N–H and O–H groups in total. The van der Waals surface area contributed by atoms with E-state index in [4.69, 9.17) is 9.73 Å². The van der Waals surface area contributed by atoms with Crippen molar-refractivity contribution in [3.63, 3.8) is 0 Å². The quantitative estimate of drug-likeness (QED) is 0.475. The topological polar surface area (TPSA) is 48.9 Å². The summed E-state index contributed by atoms with van der Waals surface area (Å²) in [5.41, 5.74) is 0.356. The largest absolute Gasteiger partial charge is 0.385 e. The Morgan fingerprint density at radius 2 is 2.00 bits per heavy atom. The van der Waals surface area contributed by atoms with Crippen LogP contribution < -0.4 is 10.6 Å². The van der Waals surface area contributed by atoms with E-state index in [1.807, 2.05) is 0 Å². The second-order valence-electron chi connectivity index (χ2n) is 7.77.